The minimum atomic E-state index is -4.11. The SMILES string of the molecule is Cc1ccc2nc(-c3ccc(N4C(=O)CC(N(CCN5CCOCC5)S(=O)(=O)c5ccc(Cl)cc5)C4=O)cc3)sc2c1. The second-order valence-electron chi connectivity index (χ2n) is 10.3. The van der Waals surface area contributed by atoms with Crippen LogP contribution in [0.1, 0.15) is 12.0 Å². The van der Waals surface area contributed by atoms with Gasteiger partial charge in [-0.3, -0.25) is 14.5 Å². The molecule has 0 aliphatic carbocycles. The summed E-state index contributed by atoms with van der Waals surface area (Å²) in [5.41, 5.74) is 3.33. The fourth-order valence-electron chi connectivity index (χ4n) is 5.27. The minimum Gasteiger partial charge on any atom is -0.379 e. The highest BCUT2D eigenvalue weighted by molar-refractivity contribution is 7.89. The summed E-state index contributed by atoms with van der Waals surface area (Å²) in [6.45, 7) is 4.95. The lowest BCUT2D eigenvalue weighted by molar-refractivity contribution is -0.122. The number of carbonyl (C=O) groups is 2. The number of amides is 2. The highest BCUT2D eigenvalue weighted by Gasteiger charge is 2.47. The van der Waals surface area contributed by atoms with E-state index >= 15 is 0 Å². The molecule has 12 heteroatoms. The van der Waals surface area contributed by atoms with E-state index in [2.05, 4.69) is 11.0 Å². The lowest BCUT2D eigenvalue weighted by Gasteiger charge is -2.31. The van der Waals surface area contributed by atoms with E-state index in [-0.39, 0.29) is 17.9 Å². The van der Waals surface area contributed by atoms with E-state index in [4.69, 9.17) is 21.3 Å². The molecule has 218 valence electrons. The van der Waals surface area contributed by atoms with Crippen LogP contribution in [0.5, 0.6) is 0 Å². The molecule has 3 aromatic carbocycles. The molecule has 2 aliphatic heterocycles. The Morgan fingerprint density at radius 1 is 1.02 bits per heavy atom. The maximum atomic E-state index is 13.8. The third-order valence-electron chi connectivity index (χ3n) is 7.55. The number of fused-ring (bicyclic) bond motifs is 1. The van der Waals surface area contributed by atoms with Crippen molar-refractivity contribution < 1.29 is 22.7 Å². The van der Waals surface area contributed by atoms with Crippen molar-refractivity contribution in [2.45, 2.75) is 24.3 Å². The van der Waals surface area contributed by atoms with E-state index in [1.165, 1.54) is 28.6 Å². The molecule has 0 saturated carbocycles. The van der Waals surface area contributed by atoms with E-state index in [1.54, 1.807) is 23.5 Å². The lowest BCUT2D eigenvalue weighted by Crippen LogP contribution is -2.49. The van der Waals surface area contributed by atoms with Crippen molar-refractivity contribution in [1.29, 1.82) is 0 Å². The quantitative estimate of drug-likeness (QED) is 0.265. The number of ether oxygens (including phenoxy) is 1. The van der Waals surface area contributed by atoms with Crippen LogP contribution >= 0.6 is 22.9 Å². The lowest BCUT2D eigenvalue weighted by atomic mass is 10.2. The van der Waals surface area contributed by atoms with Gasteiger partial charge in [0.2, 0.25) is 15.9 Å². The fraction of sp³-hybridized carbons (Fsp3) is 0.300. The first-order chi connectivity index (χ1) is 20.2. The van der Waals surface area contributed by atoms with Crippen LogP contribution < -0.4 is 4.90 Å². The van der Waals surface area contributed by atoms with Gasteiger partial charge >= 0.3 is 0 Å². The topological polar surface area (TPSA) is 100 Å². The summed E-state index contributed by atoms with van der Waals surface area (Å²) in [7, 11) is -4.11. The maximum Gasteiger partial charge on any atom is 0.252 e. The van der Waals surface area contributed by atoms with Gasteiger partial charge in [-0.1, -0.05) is 17.7 Å². The standard InChI is InChI=1S/C30H29ClN4O5S2/c1-20-2-11-25-27(18-20)41-29(32-25)21-3-7-23(8-4-21)35-28(36)19-26(30(35)37)34(13-12-33-14-16-40-17-15-33)42(38,39)24-9-5-22(31)6-10-24/h2-11,18,26H,12-17,19H2,1H3. The van der Waals surface area contributed by atoms with Crippen molar-refractivity contribution >= 4 is 60.7 Å². The summed E-state index contributed by atoms with van der Waals surface area (Å²) in [6, 6.07) is 17.8. The second-order valence-corrected chi connectivity index (χ2v) is 13.7. The first-order valence-corrected chi connectivity index (χ1v) is 16.3. The molecule has 0 radical (unpaired) electrons. The smallest absolute Gasteiger partial charge is 0.252 e. The van der Waals surface area contributed by atoms with Gasteiger partial charge in [-0.2, -0.15) is 4.31 Å². The Labute approximate surface area is 253 Å². The molecule has 4 aromatic rings. The Kier molecular flexibility index (Phi) is 8.14. The zero-order chi connectivity index (χ0) is 29.4. The molecule has 9 nitrogen and oxygen atoms in total. The molecule has 2 aliphatic rings. The minimum absolute atomic E-state index is 0.0166. The molecule has 1 unspecified atom stereocenters. The highest BCUT2D eigenvalue weighted by Crippen LogP contribution is 2.34. The third kappa shape index (κ3) is 5.72. The molecule has 2 saturated heterocycles. The number of sulfonamides is 1. The van der Waals surface area contributed by atoms with Crippen molar-refractivity contribution in [1.82, 2.24) is 14.2 Å². The summed E-state index contributed by atoms with van der Waals surface area (Å²) in [4.78, 5) is 34.9. The third-order valence-corrected chi connectivity index (χ3v) is 10.8. The van der Waals surface area contributed by atoms with Gasteiger partial charge < -0.3 is 4.74 Å². The van der Waals surface area contributed by atoms with Gasteiger partial charge in [0.15, 0.2) is 0 Å². The van der Waals surface area contributed by atoms with E-state index in [0.717, 1.165) is 31.3 Å². The van der Waals surface area contributed by atoms with Crippen molar-refractivity contribution in [2.24, 2.45) is 0 Å². The monoisotopic (exact) mass is 624 g/mol. The number of benzene rings is 3. The Bertz CT molecular complexity index is 1740. The van der Waals surface area contributed by atoms with Gasteiger partial charge in [-0.25, -0.2) is 18.3 Å². The number of hydrogen-bond donors (Lipinski definition) is 0. The zero-order valence-corrected chi connectivity index (χ0v) is 25.3. The number of halogens is 1. The van der Waals surface area contributed by atoms with E-state index < -0.39 is 27.9 Å². The maximum absolute atomic E-state index is 13.8. The highest BCUT2D eigenvalue weighted by atomic mass is 35.5. The number of carbonyl (C=O) groups excluding carboxylic acids is 2. The molecule has 2 fully saturated rings. The van der Waals surface area contributed by atoms with Gasteiger partial charge in [0.25, 0.3) is 5.91 Å². The van der Waals surface area contributed by atoms with Gasteiger partial charge in [-0.05, 0) is 73.2 Å². The number of imide groups is 1. The Morgan fingerprint density at radius 3 is 2.45 bits per heavy atom. The number of aromatic nitrogens is 1. The van der Waals surface area contributed by atoms with Crippen molar-refractivity contribution in [3.8, 4) is 10.6 Å². The number of anilines is 1. The molecule has 1 aromatic heterocycles. The number of aryl methyl sites for hydroxylation is 1. The summed E-state index contributed by atoms with van der Waals surface area (Å²) < 4.78 is 35.4. The molecule has 2 amide bonds. The van der Waals surface area contributed by atoms with E-state index in [0.29, 0.717) is 43.6 Å². The van der Waals surface area contributed by atoms with Crippen molar-refractivity contribution in [3.05, 3.63) is 77.3 Å². The Balaban J connectivity index is 1.26. The van der Waals surface area contributed by atoms with Gasteiger partial charge in [0.1, 0.15) is 11.0 Å². The predicted molar refractivity (Wildman–Crippen MR) is 163 cm³/mol. The number of rotatable bonds is 8. The Morgan fingerprint density at radius 2 is 1.74 bits per heavy atom. The summed E-state index contributed by atoms with van der Waals surface area (Å²) in [6.07, 6.45) is -0.242. The van der Waals surface area contributed by atoms with Crippen LogP contribution in [0.3, 0.4) is 0 Å². The number of thiazole rings is 1. The van der Waals surface area contributed by atoms with Crippen molar-refractivity contribution in [3.63, 3.8) is 0 Å². The number of morpholine rings is 1. The predicted octanol–water partition coefficient (Wildman–Crippen LogP) is 4.58. The van der Waals surface area contributed by atoms with E-state index in [9.17, 15) is 18.0 Å². The molecule has 3 heterocycles. The van der Waals surface area contributed by atoms with Gasteiger partial charge in [0, 0.05) is 36.8 Å². The van der Waals surface area contributed by atoms with Gasteiger partial charge in [0.05, 0.1) is 40.4 Å². The van der Waals surface area contributed by atoms with Crippen LogP contribution in [0, 0.1) is 6.92 Å². The number of hydrogen-bond acceptors (Lipinski definition) is 8. The average Bonchev–Trinajstić information content (AvgIpc) is 3.53. The summed E-state index contributed by atoms with van der Waals surface area (Å²) >= 11 is 7.58. The van der Waals surface area contributed by atoms with Crippen LogP contribution in [0.2, 0.25) is 5.02 Å². The van der Waals surface area contributed by atoms with Crippen LogP contribution in [0.15, 0.2) is 71.6 Å². The Hall–Kier alpha value is -3.19. The first kappa shape index (κ1) is 28.9. The molecular formula is C30H29ClN4O5S2. The van der Waals surface area contributed by atoms with E-state index in [1.807, 2.05) is 31.2 Å². The van der Waals surface area contributed by atoms with Gasteiger partial charge in [-0.15, -0.1) is 11.3 Å². The fourth-order valence-corrected chi connectivity index (χ4v) is 8.04. The first-order valence-electron chi connectivity index (χ1n) is 13.6. The summed E-state index contributed by atoms with van der Waals surface area (Å²) in [5, 5.41) is 1.24. The van der Waals surface area contributed by atoms with Crippen LogP contribution in [0.25, 0.3) is 20.8 Å². The van der Waals surface area contributed by atoms with Crippen molar-refractivity contribution in [2.75, 3.05) is 44.3 Å². The average molecular weight is 625 g/mol. The normalized spacial score (nSPS) is 18.5. The molecule has 6 rings (SSSR count). The molecule has 0 spiro atoms. The molecule has 42 heavy (non-hydrogen) atoms. The van der Waals surface area contributed by atoms with Crippen LogP contribution in [-0.2, 0) is 24.3 Å². The van der Waals surface area contributed by atoms with Crippen LogP contribution in [0.4, 0.5) is 5.69 Å². The second kappa shape index (κ2) is 11.8. The summed E-state index contributed by atoms with van der Waals surface area (Å²) in [5.74, 6) is -1.02. The zero-order valence-electron chi connectivity index (χ0n) is 22.9. The number of nitrogens with zero attached hydrogens (tertiary/aromatic N) is 4. The molecule has 0 N–H and O–H groups in total. The molecule has 0 bridgehead atoms. The van der Waals surface area contributed by atoms with Crippen LogP contribution in [-0.4, -0.2) is 79.9 Å². The molecular weight excluding hydrogens is 596 g/mol. The largest absolute Gasteiger partial charge is 0.379 e. The molecule has 1 atom stereocenters.